The lowest BCUT2D eigenvalue weighted by atomic mass is 9.95. The predicted octanol–water partition coefficient (Wildman–Crippen LogP) is 5.64. The molecule has 0 saturated heterocycles. The van der Waals surface area contributed by atoms with Gasteiger partial charge in [0.15, 0.2) is 11.4 Å². The van der Waals surface area contributed by atoms with Gasteiger partial charge in [0.05, 0.1) is 35.8 Å². The standard InChI is InChI=1S/C24H30N2O.2C7H8O3S/c1-25-15-11-19-7-3-5-9-21(19)23(25)13-17-27-18-14-24-22-10-6-4-8-20(22)12-16-26(24)2;2*1-6-2-4-7(5-3-6)11(8,9)10/h3-10H,11-18H2,1-2H3;2*2-5H,1H3,(H,8,9,10)/q+2;;. The molecule has 0 spiro atoms. The average molecular weight is 707 g/mol. The second kappa shape index (κ2) is 17.1. The first-order valence-electron chi connectivity index (χ1n) is 16.2. The van der Waals surface area contributed by atoms with Gasteiger partial charge in [0.25, 0.3) is 20.2 Å². The van der Waals surface area contributed by atoms with E-state index >= 15 is 0 Å². The molecule has 11 heteroatoms. The molecule has 0 fully saturated rings. The number of fused-ring (bicyclic) bond motifs is 2. The predicted molar refractivity (Wildman–Crippen MR) is 193 cm³/mol. The van der Waals surface area contributed by atoms with Crippen molar-refractivity contribution in [1.29, 1.82) is 0 Å². The molecule has 4 aromatic rings. The maximum atomic E-state index is 10.5. The van der Waals surface area contributed by atoms with Gasteiger partial charge in [0, 0.05) is 24.0 Å². The van der Waals surface area contributed by atoms with E-state index in [0.717, 1.165) is 63.1 Å². The highest BCUT2D eigenvalue weighted by molar-refractivity contribution is 7.86. The SMILES string of the molecule is C[N+]1=C(CCOCCC2=[N+](C)CCc3ccccc32)c2ccccc2CC1.Cc1ccc(S(=O)(=O)O)cc1.Cc1ccc(S(=O)(=O)O)cc1. The molecule has 0 aromatic heterocycles. The molecule has 0 saturated carbocycles. The van der Waals surface area contributed by atoms with Crippen LogP contribution >= 0.6 is 0 Å². The molecular formula is C38H46N2O7S2+2. The van der Waals surface area contributed by atoms with Crippen molar-refractivity contribution in [2.75, 3.05) is 40.4 Å². The van der Waals surface area contributed by atoms with Crippen molar-refractivity contribution < 1.29 is 39.8 Å². The fourth-order valence-corrected chi connectivity index (χ4v) is 6.77. The summed E-state index contributed by atoms with van der Waals surface area (Å²) < 4.78 is 70.0. The highest BCUT2D eigenvalue weighted by Gasteiger charge is 2.24. The first-order chi connectivity index (χ1) is 23.2. The van der Waals surface area contributed by atoms with Gasteiger partial charge < -0.3 is 4.74 Å². The summed E-state index contributed by atoms with van der Waals surface area (Å²) in [4.78, 5) is -0.133. The first-order valence-corrected chi connectivity index (χ1v) is 19.1. The van der Waals surface area contributed by atoms with E-state index in [1.165, 1.54) is 57.9 Å². The summed E-state index contributed by atoms with van der Waals surface area (Å²) in [5.74, 6) is 0. The largest absolute Gasteiger partial charge is 0.380 e. The Kier molecular flexibility index (Phi) is 13.2. The van der Waals surface area contributed by atoms with E-state index in [1.54, 1.807) is 24.3 Å². The van der Waals surface area contributed by atoms with Crippen LogP contribution in [0, 0.1) is 13.8 Å². The number of hydrogen-bond donors (Lipinski definition) is 2. The van der Waals surface area contributed by atoms with E-state index in [4.69, 9.17) is 13.8 Å². The van der Waals surface area contributed by atoms with Crippen LogP contribution in [0.25, 0.3) is 0 Å². The van der Waals surface area contributed by atoms with Crippen molar-refractivity contribution in [3.05, 3.63) is 130 Å². The van der Waals surface area contributed by atoms with Crippen LogP contribution in [-0.2, 0) is 37.8 Å². The second-order valence-corrected chi connectivity index (χ2v) is 15.1. The topological polar surface area (TPSA) is 124 Å². The van der Waals surface area contributed by atoms with Gasteiger partial charge in [-0.3, -0.25) is 9.11 Å². The Hall–Kier alpha value is -4.00. The molecule has 2 N–H and O–H groups in total. The van der Waals surface area contributed by atoms with Crippen LogP contribution in [-0.4, -0.2) is 86.9 Å². The molecule has 0 unspecified atom stereocenters. The molecule has 49 heavy (non-hydrogen) atoms. The van der Waals surface area contributed by atoms with Crippen LogP contribution in [0.2, 0.25) is 0 Å². The number of aryl methyl sites for hydroxylation is 2. The van der Waals surface area contributed by atoms with Gasteiger partial charge in [0.1, 0.15) is 27.2 Å². The fraction of sp³-hybridized carbons (Fsp3) is 0.316. The minimum absolute atomic E-state index is 0.0666. The molecule has 2 aliphatic heterocycles. The lowest BCUT2D eigenvalue weighted by Crippen LogP contribution is -2.29. The third-order valence-corrected chi connectivity index (χ3v) is 10.4. The van der Waals surface area contributed by atoms with E-state index in [9.17, 15) is 16.8 Å². The van der Waals surface area contributed by atoms with Crippen molar-refractivity contribution in [1.82, 2.24) is 0 Å². The molecule has 0 radical (unpaired) electrons. The van der Waals surface area contributed by atoms with Crippen LogP contribution in [0.15, 0.2) is 107 Å². The van der Waals surface area contributed by atoms with Crippen LogP contribution in [0.3, 0.4) is 0 Å². The maximum absolute atomic E-state index is 10.5. The normalized spacial score (nSPS) is 14.2. The fourth-order valence-electron chi connectivity index (χ4n) is 5.81. The Labute approximate surface area is 290 Å². The van der Waals surface area contributed by atoms with Gasteiger partial charge in [-0.05, 0) is 61.4 Å². The van der Waals surface area contributed by atoms with Crippen LogP contribution < -0.4 is 0 Å². The number of likely N-dealkylation sites (N-methyl/N-ethyl adjacent to an activating group) is 2. The summed E-state index contributed by atoms with van der Waals surface area (Å²) in [5.41, 5.74) is 10.5. The van der Waals surface area contributed by atoms with Gasteiger partial charge in [-0.1, -0.05) is 71.8 Å². The quantitative estimate of drug-likeness (QED) is 0.138. The molecule has 6 rings (SSSR count). The second-order valence-electron chi connectivity index (χ2n) is 12.2. The average Bonchev–Trinajstić information content (AvgIpc) is 3.06. The Balaban J connectivity index is 0.000000202. The van der Waals surface area contributed by atoms with Gasteiger partial charge in [-0.25, -0.2) is 9.15 Å². The molecule has 0 atom stereocenters. The molecule has 2 heterocycles. The number of hydrogen-bond acceptors (Lipinski definition) is 5. The lowest BCUT2D eigenvalue weighted by Gasteiger charge is -2.17. The summed E-state index contributed by atoms with van der Waals surface area (Å²) in [6.45, 7) is 7.46. The molecule has 4 aromatic carbocycles. The minimum Gasteiger partial charge on any atom is -0.380 e. The number of rotatable bonds is 8. The Morgan fingerprint density at radius 2 is 0.918 bits per heavy atom. The van der Waals surface area contributed by atoms with Crippen molar-refractivity contribution in [2.24, 2.45) is 0 Å². The van der Waals surface area contributed by atoms with Crippen molar-refractivity contribution >= 4 is 31.7 Å². The van der Waals surface area contributed by atoms with Gasteiger partial charge in [-0.2, -0.15) is 16.8 Å². The zero-order valence-electron chi connectivity index (χ0n) is 28.5. The van der Waals surface area contributed by atoms with E-state index in [1.807, 2.05) is 13.8 Å². The molecule has 0 aliphatic carbocycles. The number of nitrogens with zero attached hydrogens (tertiary/aromatic N) is 2. The third kappa shape index (κ3) is 11.0. The number of ether oxygens (including phenoxy) is 1. The summed E-state index contributed by atoms with van der Waals surface area (Å²) in [7, 11) is -3.63. The molecule has 2 aliphatic rings. The summed E-state index contributed by atoms with van der Waals surface area (Å²) in [6.07, 6.45) is 4.24. The van der Waals surface area contributed by atoms with Crippen molar-refractivity contribution in [3.8, 4) is 0 Å². The monoisotopic (exact) mass is 706 g/mol. The Morgan fingerprint density at radius 1 is 0.571 bits per heavy atom. The lowest BCUT2D eigenvalue weighted by molar-refractivity contribution is -0.499. The van der Waals surface area contributed by atoms with Crippen LogP contribution in [0.5, 0.6) is 0 Å². The first kappa shape index (κ1) is 37.8. The molecular weight excluding hydrogens is 661 g/mol. The van der Waals surface area contributed by atoms with E-state index in [2.05, 4.69) is 71.8 Å². The van der Waals surface area contributed by atoms with Gasteiger partial charge in [-0.15, -0.1) is 0 Å². The molecule has 0 bridgehead atoms. The number of benzene rings is 4. The van der Waals surface area contributed by atoms with Crippen LogP contribution in [0.4, 0.5) is 0 Å². The Morgan fingerprint density at radius 3 is 1.27 bits per heavy atom. The van der Waals surface area contributed by atoms with E-state index < -0.39 is 20.2 Å². The molecule has 9 nitrogen and oxygen atoms in total. The highest BCUT2D eigenvalue weighted by Crippen LogP contribution is 2.19. The zero-order chi connectivity index (χ0) is 35.6. The Bertz CT molecular complexity index is 1870. The van der Waals surface area contributed by atoms with Crippen molar-refractivity contribution in [3.63, 3.8) is 0 Å². The summed E-state index contributed by atoms with van der Waals surface area (Å²) in [6, 6.07) is 29.6. The van der Waals surface area contributed by atoms with Gasteiger partial charge >= 0.3 is 0 Å². The highest BCUT2D eigenvalue weighted by atomic mass is 32.2. The van der Waals surface area contributed by atoms with Gasteiger partial charge in [0.2, 0.25) is 0 Å². The minimum atomic E-state index is -4.02. The maximum Gasteiger partial charge on any atom is 0.294 e. The molecule has 260 valence electrons. The zero-order valence-corrected chi connectivity index (χ0v) is 30.2. The summed E-state index contributed by atoms with van der Waals surface area (Å²) in [5, 5.41) is 0. The van der Waals surface area contributed by atoms with E-state index in [0.29, 0.717) is 0 Å². The van der Waals surface area contributed by atoms with Crippen LogP contribution in [0.1, 0.15) is 46.2 Å². The van der Waals surface area contributed by atoms with Crippen molar-refractivity contribution in [2.45, 2.75) is 49.3 Å². The van der Waals surface area contributed by atoms with E-state index in [-0.39, 0.29) is 9.79 Å². The smallest absolute Gasteiger partial charge is 0.294 e. The summed E-state index contributed by atoms with van der Waals surface area (Å²) >= 11 is 0. The third-order valence-electron chi connectivity index (χ3n) is 8.62. The molecule has 0 amide bonds.